The topological polar surface area (TPSA) is 105 Å². The predicted molar refractivity (Wildman–Crippen MR) is 124 cm³/mol. The summed E-state index contributed by atoms with van der Waals surface area (Å²) < 4.78 is 44.1. The van der Waals surface area contributed by atoms with Gasteiger partial charge in [0.25, 0.3) is 0 Å². The van der Waals surface area contributed by atoms with E-state index in [9.17, 15) is 18.0 Å². The van der Waals surface area contributed by atoms with Gasteiger partial charge in [-0.1, -0.05) is 34.6 Å². The van der Waals surface area contributed by atoms with Crippen LogP contribution in [-0.4, -0.2) is 78.4 Å². The second kappa shape index (κ2) is 15.7. The number of ketones is 1. The molecule has 0 atom stereocenters. The summed E-state index contributed by atoms with van der Waals surface area (Å²) in [4.78, 5) is 23.8. The van der Waals surface area contributed by atoms with Gasteiger partial charge in [0.05, 0.1) is 25.6 Å². The molecule has 0 rings (SSSR count). The molecule has 0 aliphatic heterocycles. The number of carbonyl (C=O) groups is 2. The molecule has 32 heavy (non-hydrogen) atoms. The van der Waals surface area contributed by atoms with Gasteiger partial charge in [0.2, 0.25) is 0 Å². The molecule has 0 saturated heterocycles. The van der Waals surface area contributed by atoms with Crippen LogP contribution in [0.25, 0.3) is 0 Å². The summed E-state index contributed by atoms with van der Waals surface area (Å²) in [6.45, 7) is 12.7. The molecule has 8 nitrogen and oxygen atoms in total. The number of hydrogen-bond donors (Lipinski definition) is 0. The molecular weight excluding hydrogens is 436 g/mol. The normalized spacial score (nSPS) is 12.7. The van der Waals surface area contributed by atoms with E-state index >= 15 is 0 Å². The Morgan fingerprint density at radius 2 is 1.38 bits per heavy atom. The fraction of sp³-hybridized carbons (Fsp3) is 0.913. The van der Waals surface area contributed by atoms with E-state index in [-0.39, 0.29) is 35.6 Å². The Labute approximate surface area is 194 Å². The van der Waals surface area contributed by atoms with Crippen molar-refractivity contribution >= 4 is 21.6 Å². The highest BCUT2D eigenvalue weighted by Gasteiger charge is 2.32. The maximum atomic E-state index is 12.1. The highest BCUT2D eigenvalue weighted by atomic mass is 32.2. The maximum Gasteiger partial charge on any atom is 0.321 e. The molecule has 0 aromatic carbocycles. The molecule has 0 bridgehead atoms. The lowest BCUT2D eigenvalue weighted by Crippen LogP contribution is -2.30. The fourth-order valence-electron chi connectivity index (χ4n) is 2.56. The third-order valence-corrected chi connectivity index (χ3v) is 7.39. The lowest BCUT2D eigenvalue weighted by atomic mass is 9.66. The van der Waals surface area contributed by atoms with Crippen LogP contribution >= 0.6 is 0 Å². The Morgan fingerprint density at radius 3 is 1.97 bits per heavy atom. The van der Waals surface area contributed by atoms with Crippen molar-refractivity contribution < 1.29 is 37.0 Å². The van der Waals surface area contributed by atoms with Crippen molar-refractivity contribution in [3.05, 3.63) is 0 Å². The maximum absolute atomic E-state index is 12.1. The number of esters is 1. The molecule has 0 fully saturated rings. The molecule has 0 aromatic heterocycles. The quantitative estimate of drug-likeness (QED) is 0.205. The summed E-state index contributed by atoms with van der Waals surface area (Å²) in [5.41, 5.74) is 0.236. The molecule has 0 N–H and O–H groups in total. The minimum absolute atomic E-state index is 0.0117. The van der Waals surface area contributed by atoms with Crippen LogP contribution in [0.1, 0.15) is 66.7 Å². The Morgan fingerprint density at radius 1 is 0.781 bits per heavy atom. The fourth-order valence-corrected chi connectivity index (χ4v) is 3.70. The van der Waals surface area contributed by atoms with Crippen LogP contribution in [0.15, 0.2) is 0 Å². The molecule has 0 saturated carbocycles. The van der Waals surface area contributed by atoms with Crippen molar-refractivity contribution in [1.82, 2.24) is 0 Å². The highest BCUT2D eigenvalue weighted by molar-refractivity contribution is 7.92. The summed E-state index contributed by atoms with van der Waals surface area (Å²) in [6, 6.07) is 0. The van der Waals surface area contributed by atoms with Crippen LogP contribution in [0.3, 0.4) is 0 Å². The van der Waals surface area contributed by atoms with Gasteiger partial charge in [0.1, 0.15) is 18.1 Å². The zero-order valence-electron chi connectivity index (χ0n) is 20.9. The van der Waals surface area contributed by atoms with Crippen molar-refractivity contribution in [1.29, 1.82) is 0 Å². The van der Waals surface area contributed by atoms with Gasteiger partial charge < -0.3 is 18.9 Å². The number of sulfone groups is 1. The predicted octanol–water partition coefficient (Wildman–Crippen LogP) is 3.22. The van der Waals surface area contributed by atoms with Gasteiger partial charge in [-0.2, -0.15) is 0 Å². The van der Waals surface area contributed by atoms with Gasteiger partial charge in [-0.05, 0) is 30.1 Å². The van der Waals surface area contributed by atoms with Crippen molar-refractivity contribution in [2.75, 3.05) is 58.3 Å². The standard InChI is InChI=1S/C23H44O8S/c1-22(2,3)23(4,5)11-10-20(24)9-7-12-29-16-17-31-21(25)19-32(26,27)18-8-13-30-15-14-28-6/h7-19H2,1-6H3. The Bertz CT molecular complexity index is 635. The second-order valence-electron chi connectivity index (χ2n) is 9.66. The monoisotopic (exact) mass is 480 g/mol. The molecule has 190 valence electrons. The van der Waals surface area contributed by atoms with Crippen LogP contribution < -0.4 is 0 Å². The van der Waals surface area contributed by atoms with Crippen molar-refractivity contribution in [3.63, 3.8) is 0 Å². The minimum atomic E-state index is -3.52. The van der Waals surface area contributed by atoms with Gasteiger partial charge >= 0.3 is 5.97 Å². The summed E-state index contributed by atoms with van der Waals surface area (Å²) in [6.07, 6.45) is 2.82. The van der Waals surface area contributed by atoms with E-state index in [1.54, 1.807) is 7.11 Å². The van der Waals surface area contributed by atoms with Crippen molar-refractivity contribution in [3.8, 4) is 0 Å². The first-order chi connectivity index (χ1) is 14.8. The van der Waals surface area contributed by atoms with Gasteiger partial charge in [-0.25, -0.2) is 8.42 Å². The molecule has 0 heterocycles. The Hall–Kier alpha value is -1.03. The summed E-state index contributed by atoms with van der Waals surface area (Å²) >= 11 is 0. The largest absolute Gasteiger partial charge is 0.462 e. The average molecular weight is 481 g/mol. The molecule has 0 unspecified atom stereocenters. The van der Waals surface area contributed by atoms with Crippen LogP contribution in [-0.2, 0) is 38.4 Å². The van der Waals surface area contributed by atoms with E-state index in [0.717, 1.165) is 6.42 Å². The molecule has 0 amide bonds. The SMILES string of the molecule is COCCOCCCS(=O)(=O)CC(=O)OCCOCCCC(=O)CCC(C)(C)C(C)(C)C. The second-order valence-corrected chi connectivity index (χ2v) is 11.8. The third kappa shape index (κ3) is 15.7. The molecule has 0 spiro atoms. The molecule has 0 aliphatic rings. The van der Waals surface area contributed by atoms with Gasteiger partial charge in [0, 0.05) is 33.2 Å². The van der Waals surface area contributed by atoms with E-state index in [0.29, 0.717) is 52.1 Å². The number of Topliss-reactive ketones (excluding diaryl/α,β-unsaturated/α-hetero) is 1. The summed E-state index contributed by atoms with van der Waals surface area (Å²) in [5.74, 6) is -1.34. The number of carbonyl (C=O) groups excluding carboxylic acids is 2. The zero-order chi connectivity index (χ0) is 24.7. The lowest BCUT2D eigenvalue weighted by Gasteiger charge is -2.39. The minimum Gasteiger partial charge on any atom is -0.462 e. The number of rotatable bonds is 19. The van der Waals surface area contributed by atoms with Crippen LogP contribution in [0.4, 0.5) is 0 Å². The number of ether oxygens (including phenoxy) is 4. The van der Waals surface area contributed by atoms with Crippen LogP contribution in [0, 0.1) is 10.8 Å². The number of hydrogen-bond acceptors (Lipinski definition) is 8. The van der Waals surface area contributed by atoms with Crippen LogP contribution in [0.2, 0.25) is 0 Å². The van der Waals surface area contributed by atoms with Crippen molar-refractivity contribution in [2.24, 2.45) is 10.8 Å². The van der Waals surface area contributed by atoms with E-state index in [1.807, 2.05) is 0 Å². The van der Waals surface area contributed by atoms with E-state index in [4.69, 9.17) is 18.9 Å². The van der Waals surface area contributed by atoms with Crippen LogP contribution in [0.5, 0.6) is 0 Å². The summed E-state index contributed by atoms with van der Waals surface area (Å²) in [7, 11) is -1.97. The van der Waals surface area contributed by atoms with Gasteiger partial charge in [-0.3, -0.25) is 9.59 Å². The molecule has 9 heteroatoms. The first-order valence-corrected chi connectivity index (χ1v) is 13.1. The number of methoxy groups -OCH3 is 1. The Balaban J connectivity index is 3.79. The highest BCUT2D eigenvalue weighted by Crippen LogP contribution is 2.41. The first kappa shape index (κ1) is 31.0. The van der Waals surface area contributed by atoms with E-state index < -0.39 is 21.6 Å². The molecular formula is C23H44O8S. The van der Waals surface area contributed by atoms with Crippen molar-refractivity contribution in [2.45, 2.75) is 66.7 Å². The van der Waals surface area contributed by atoms with E-state index in [1.165, 1.54) is 0 Å². The third-order valence-electron chi connectivity index (χ3n) is 5.81. The first-order valence-electron chi connectivity index (χ1n) is 11.3. The molecule has 0 radical (unpaired) electrons. The van der Waals surface area contributed by atoms with Gasteiger partial charge in [-0.15, -0.1) is 0 Å². The zero-order valence-corrected chi connectivity index (χ0v) is 21.7. The van der Waals surface area contributed by atoms with Gasteiger partial charge in [0.15, 0.2) is 9.84 Å². The average Bonchev–Trinajstić information content (AvgIpc) is 2.67. The molecule has 0 aliphatic carbocycles. The summed E-state index contributed by atoms with van der Waals surface area (Å²) in [5, 5.41) is 0. The smallest absolute Gasteiger partial charge is 0.321 e. The lowest BCUT2D eigenvalue weighted by molar-refractivity contribution is -0.142. The molecule has 0 aromatic rings. The van der Waals surface area contributed by atoms with E-state index in [2.05, 4.69) is 34.6 Å². The Kier molecular flexibility index (Phi) is 15.2.